The maximum atomic E-state index is 11.7. The highest BCUT2D eigenvalue weighted by molar-refractivity contribution is 6.31. The van der Waals surface area contributed by atoms with Gasteiger partial charge in [0.2, 0.25) is 0 Å². The van der Waals surface area contributed by atoms with Gasteiger partial charge in [-0.15, -0.1) is 0 Å². The lowest BCUT2D eigenvalue weighted by atomic mass is 10.1. The first-order valence-corrected chi connectivity index (χ1v) is 6.65. The van der Waals surface area contributed by atoms with E-state index in [4.69, 9.17) is 16.3 Å². The molecule has 0 heterocycles. The largest absolute Gasteiger partial charge is 0.465 e. The second-order valence-electron chi connectivity index (χ2n) is 4.52. The quantitative estimate of drug-likeness (QED) is 0.863. The molecule has 104 valence electrons. The molecule has 0 aliphatic heterocycles. The van der Waals surface area contributed by atoms with Crippen molar-refractivity contribution in [1.29, 1.82) is 0 Å². The van der Waals surface area contributed by atoms with Gasteiger partial charge in [0.15, 0.2) is 0 Å². The van der Waals surface area contributed by atoms with Gasteiger partial charge in [-0.2, -0.15) is 0 Å². The standard InChI is InChI=1S/C16H16ClNO2/c1-11-4-3-5-12(8-11)10-18-15-7-6-13(17)9-14(15)16(19)20-2/h3-9,18H,10H2,1-2H3. The van der Waals surface area contributed by atoms with Crippen molar-refractivity contribution in [1.82, 2.24) is 0 Å². The Labute approximate surface area is 123 Å². The molecule has 0 fully saturated rings. The molecule has 0 atom stereocenters. The average molecular weight is 290 g/mol. The number of esters is 1. The van der Waals surface area contributed by atoms with Gasteiger partial charge in [-0.05, 0) is 30.7 Å². The Morgan fingerprint density at radius 3 is 2.75 bits per heavy atom. The third-order valence-electron chi connectivity index (χ3n) is 2.95. The number of rotatable bonds is 4. The molecule has 20 heavy (non-hydrogen) atoms. The molecule has 0 spiro atoms. The molecule has 0 aromatic heterocycles. The molecule has 0 aliphatic carbocycles. The third-order valence-corrected chi connectivity index (χ3v) is 3.19. The van der Waals surface area contributed by atoms with Gasteiger partial charge in [-0.25, -0.2) is 4.79 Å². The summed E-state index contributed by atoms with van der Waals surface area (Å²) in [4.78, 5) is 11.7. The minimum atomic E-state index is -0.403. The first-order valence-electron chi connectivity index (χ1n) is 6.27. The van der Waals surface area contributed by atoms with Gasteiger partial charge in [0, 0.05) is 17.3 Å². The summed E-state index contributed by atoms with van der Waals surface area (Å²) in [6.07, 6.45) is 0. The Balaban J connectivity index is 2.19. The predicted molar refractivity (Wildman–Crippen MR) is 81.3 cm³/mol. The Kier molecular flexibility index (Phi) is 4.64. The van der Waals surface area contributed by atoms with Gasteiger partial charge in [0.1, 0.15) is 0 Å². The first kappa shape index (κ1) is 14.4. The van der Waals surface area contributed by atoms with Crippen LogP contribution in [0.2, 0.25) is 5.02 Å². The van der Waals surface area contributed by atoms with Gasteiger partial charge in [0.25, 0.3) is 0 Å². The summed E-state index contributed by atoms with van der Waals surface area (Å²) in [7, 11) is 1.35. The van der Waals surface area contributed by atoms with Crippen LogP contribution in [0, 0.1) is 6.92 Å². The van der Waals surface area contributed by atoms with E-state index in [0.717, 1.165) is 5.56 Å². The second-order valence-corrected chi connectivity index (χ2v) is 4.96. The average Bonchev–Trinajstić information content (AvgIpc) is 2.45. The highest BCUT2D eigenvalue weighted by Crippen LogP contribution is 2.22. The number of carbonyl (C=O) groups excluding carboxylic acids is 1. The summed E-state index contributed by atoms with van der Waals surface area (Å²) in [5.74, 6) is -0.403. The molecule has 3 nitrogen and oxygen atoms in total. The van der Waals surface area contributed by atoms with E-state index in [0.29, 0.717) is 22.8 Å². The molecule has 0 saturated heterocycles. The molecule has 2 aromatic rings. The van der Waals surface area contributed by atoms with Gasteiger partial charge in [-0.3, -0.25) is 0 Å². The Hall–Kier alpha value is -2.00. The fourth-order valence-corrected chi connectivity index (χ4v) is 2.14. The van der Waals surface area contributed by atoms with E-state index in [2.05, 4.69) is 11.4 Å². The number of nitrogens with one attached hydrogen (secondary N) is 1. The molecule has 0 aliphatic rings. The van der Waals surface area contributed by atoms with Crippen LogP contribution in [0.15, 0.2) is 42.5 Å². The summed E-state index contributed by atoms with van der Waals surface area (Å²) in [5, 5.41) is 3.75. The topological polar surface area (TPSA) is 38.3 Å². The zero-order valence-corrected chi connectivity index (χ0v) is 12.2. The summed E-state index contributed by atoms with van der Waals surface area (Å²) in [6, 6.07) is 13.3. The fraction of sp³-hybridized carbons (Fsp3) is 0.188. The van der Waals surface area contributed by atoms with Crippen LogP contribution in [-0.2, 0) is 11.3 Å². The van der Waals surface area contributed by atoms with E-state index in [1.807, 2.05) is 25.1 Å². The number of benzene rings is 2. The molecular formula is C16H16ClNO2. The highest BCUT2D eigenvalue weighted by atomic mass is 35.5. The summed E-state index contributed by atoms with van der Waals surface area (Å²) < 4.78 is 4.77. The van der Waals surface area contributed by atoms with Gasteiger partial charge in [-0.1, -0.05) is 41.4 Å². The van der Waals surface area contributed by atoms with Crippen molar-refractivity contribution in [2.45, 2.75) is 13.5 Å². The predicted octanol–water partition coefficient (Wildman–Crippen LogP) is 4.05. The van der Waals surface area contributed by atoms with Crippen molar-refractivity contribution in [2.24, 2.45) is 0 Å². The lowest BCUT2D eigenvalue weighted by molar-refractivity contribution is 0.0602. The van der Waals surface area contributed by atoms with Crippen LogP contribution >= 0.6 is 11.6 Å². The Morgan fingerprint density at radius 2 is 2.05 bits per heavy atom. The van der Waals surface area contributed by atoms with Crippen molar-refractivity contribution in [3.05, 3.63) is 64.2 Å². The first-order chi connectivity index (χ1) is 9.60. The molecule has 0 bridgehead atoms. The number of methoxy groups -OCH3 is 1. The summed E-state index contributed by atoms with van der Waals surface area (Å²) in [6.45, 7) is 2.68. The number of halogens is 1. The lowest BCUT2D eigenvalue weighted by Crippen LogP contribution is -2.08. The monoisotopic (exact) mass is 289 g/mol. The van der Waals surface area contributed by atoms with Crippen LogP contribution in [-0.4, -0.2) is 13.1 Å². The minimum absolute atomic E-state index is 0.403. The van der Waals surface area contributed by atoms with E-state index in [-0.39, 0.29) is 0 Å². The van der Waals surface area contributed by atoms with Crippen LogP contribution < -0.4 is 5.32 Å². The smallest absolute Gasteiger partial charge is 0.340 e. The van der Waals surface area contributed by atoms with Gasteiger partial charge in [0.05, 0.1) is 12.7 Å². The number of aryl methyl sites for hydroxylation is 1. The molecule has 2 aromatic carbocycles. The third kappa shape index (κ3) is 3.52. The molecule has 1 N–H and O–H groups in total. The van der Waals surface area contributed by atoms with E-state index in [9.17, 15) is 4.79 Å². The second kappa shape index (κ2) is 6.44. The highest BCUT2D eigenvalue weighted by Gasteiger charge is 2.12. The number of hydrogen-bond acceptors (Lipinski definition) is 3. The zero-order chi connectivity index (χ0) is 14.5. The van der Waals surface area contributed by atoms with Gasteiger partial charge < -0.3 is 10.1 Å². The minimum Gasteiger partial charge on any atom is -0.465 e. The van der Waals surface area contributed by atoms with Crippen LogP contribution in [0.5, 0.6) is 0 Å². The van der Waals surface area contributed by atoms with Crippen molar-refractivity contribution < 1.29 is 9.53 Å². The summed E-state index contributed by atoms with van der Waals surface area (Å²) >= 11 is 5.92. The van der Waals surface area contributed by atoms with Crippen LogP contribution in [0.4, 0.5) is 5.69 Å². The normalized spacial score (nSPS) is 10.2. The lowest BCUT2D eigenvalue weighted by Gasteiger charge is -2.11. The molecule has 0 radical (unpaired) electrons. The van der Waals surface area contributed by atoms with Crippen molar-refractivity contribution in [3.63, 3.8) is 0 Å². The Bertz CT molecular complexity index is 626. The molecule has 0 amide bonds. The van der Waals surface area contributed by atoms with E-state index in [1.54, 1.807) is 18.2 Å². The number of hydrogen-bond donors (Lipinski definition) is 1. The van der Waals surface area contributed by atoms with Crippen molar-refractivity contribution in [2.75, 3.05) is 12.4 Å². The number of anilines is 1. The zero-order valence-electron chi connectivity index (χ0n) is 11.4. The van der Waals surface area contributed by atoms with E-state index < -0.39 is 5.97 Å². The van der Waals surface area contributed by atoms with E-state index >= 15 is 0 Å². The number of carbonyl (C=O) groups is 1. The van der Waals surface area contributed by atoms with Gasteiger partial charge >= 0.3 is 5.97 Å². The molecule has 2 rings (SSSR count). The fourth-order valence-electron chi connectivity index (χ4n) is 1.97. The van der Waals surface area contributed by atoms with Crippen LogP contribution in [0.25, 0.3) is 0 Å². The molecule has 4 heteroatoms. The summed E-state index contributed by atoms with van der Waals surface area (Å²) in [5.41, 5.74) is 3.50. The van der Waals surface area contributed by atoms with Crippen molar-refractivity contribution in [3.8, 4) is 0 Å². The molecular weight excluding hydrogens is 274 g/mol. The van der Waals surface area contributed by atoms with Crippen molar-refractivity contribution >= 4 is 23.3 Å². The number of ether oxygens (including phenoxy) is 1. The van der Waals surface area contributed by atoms with E-state index in [1.165, 1.54) is 12.7 Å². The maximum absolute atomic E-state index is 11.7. The molecule has 0 saturated carbocycles. The Morgan fingerprint density at radius 1 is 1.25 bits per heavy atom. The van der Waals surface area contributed by atoms with Crippen LogP contribution in [0.1, 0.15) is 21.5 Å². The van der Waals surface area contributed by atoms with Crippen LogP contribution in [0.3, 0.4) is 0 Å². The maximum Gasteiger partial charge on any atom is 0.340 e. The SMILES string of the molecule is COC(=O)c1cc(Cl)ccc1NCc1cccc(C)c1. The molecule has 0 unspecified atom stereocenters.